The predicted molar refractivity (Wildman–Crippen MR) is 76.6 cm³/mol. The largest absolute Gasteiger partial charge is 0.481 e. The minimum absolute atomic E-state index is 0.0314. The number of carboxylic acid groups (broad SMARTS) is 1. The lowest BCUT2D eigenvalue weighted by Gasteiger charge is -2.43. The Morgan fingerprint density at radius 2 is 1.95 bits per heavy atom. The second-order valence-electron chi connectivity index (χ2n) is 6.42. The maximum absolute atomic E-state index is 12.3. The average molecular weight is 282 g/mol. The van der Waals surface area contributed by atoms with Crippen molar-refractivity contribution in [3.8, 4) is 0 Å². The summed E-state index contributed by atoms with van der Waals surface area (Å²) in [7, 11) is 0. The van der Waals surface area contributed by atoms with Crippen LogP contribution in [0.3, 0.4) is 0 Å². The van der Waals surface area contributed by atoms with E-state index in [0.29, 0.717) is 25.9 Å². The summed E-state index contributed by atoms with van der Waals surface area (Å²) < 4.78 is 0. The Bertz CT molecular complexity index is 387. The quantitative estimate of drug-likeness (QED) is 0.814. The van der Waals surface area contributed by atoms with Crippen LogP contribution >= 0.6 is 0 Å². The third kappa shape index (κ3) is 2.63. The van der Waals surface area contributed by atoms with Crippen LogP contribution in [0, 0.1) is 5.41 Å². The zero-order valence-electron chi connectivity index (χ0n) is 12.6. The number of rotatable bonds is 5. The number of carboxylic acids is 1. The Kier molecular flexibility index (Phi) is 4.25. The third-order valence-electron chi connectivity index (χ3n) is 5.18. The van der Waals surface area contributed by atoms with Crippen LogP contribution in [0.15, 0.2) is 0 Å². The summed E-state index contributed by atoms with van der Waals surface area (Å²) in [6, 6.07) is -0.0780. The van der Waals surface area contributed by atoms with Crippen LogP contribution in [0.4, 0.5) is 4.79 Å². The van der Waals surface area contributed by atoms with Gasteiger partial charge in [0, 0.05) is 18.6 Å². The maximum atomic E-state index is 12.3. The van der Waals surface area contributed by atoms with Gasteiger partial charge >= 0.3 is 12.0 Å². The first-order valence-electron chi connectivity index (χ1n) is 7.77. The maximum Gasteiger partial charge on any atom is 0.317 e. The number of hydrogen-bond donors (Lipinski definition) is 2. The van der Waals surface area contributed by atoms with Gasteiger partial charge in [0.2, 0.25) is 0 Å². The fraction of sp³-hybridized carbons (Fsp3) is 0.867. The molecule has 2 amide bonds. The fourth-order valence-corrected chi connectivity index (χ4v) is 3.49. The van der Waals surface area contributed by atoms with Crippen molar-refractivity contribution in [2.45, 2.75) is 64.3 Å². The molecule has 1 saturated carbocycles. The van der Waals surface area contributed by atoms with Crippen molar-refractivity contribution in [3.63, 3.8) is 0 Å². The molecule has 1 saturated heterocycles. The van der Waals surface area contributed by atoms with Gasteiger partial charge in [-0.1, -0.05) is 20.3 Å². The molecular weight excluding hydrogens is 256 g/mol. The molecular formula is C15H26N2O3. The Labute approximate surface area is 120 Å². The van der Waals surface area contributed by atoms with E-state index in [4.69, 9.17) is 0 Å². The standard InChI is InChI=1S/C15H26N2O3/c1-3-6-14(12(18)19)9-10-17(11-14)13(20)16-15(4-2)7-5-8-15/h3-11H2,1-2H3,(H,16,20)(H,18,19). The summed E-state index contributed by atoms with van der Waals surface area (Å²) in [6.45, 7) is 5.00. The van der Waals surface area contributed by atoms with Crippen molar-refractivity contribution in [1.82, 2.24) is 10.2 Å². The van der Waals surface area contributed by atoms with E-state index in [1.165, 1.54) is 6.42 Å². The van der Waals surface area contributed by atoms with Gasteiger partial charge in [-0.05, 0) is 38.5 Å². The minimum Gasteiger partial charge on any atom is -0.481 e. The van der Waals surface area contributed by atoms with E-state index >= 15 is 0 Å². The molecule has 1 atom stereocenters. The van der Waals surface area contributed by atoms with Crippen molar-refractivity contribution in [1.29, 1.82) is 0 Å². The van der Waals surface area contributed by atoms with Gasteiger partial charge in [0.25, 0.3) is 0 Å². The molecule has 2 fully saturated rings. The lowest BCUT2D eigenvalue weighted by atomic mass is 9.75. The molecule has 0 bridgehead atoms. The minimum atomic E-state index is -0.761. The van der Waals surface area contributed by atoms with Gasteiger partial charge in [0.05, 0.1) is 5.41 Å². The molecule has 0 radical (unpaired) electrons. The van der Waals surface area contributed by atoms with E-state index in [1.54, 1.807) is 4.90 Å². The van der Waals surface area contributed by atoms with Gasteiger partial charge in [-0.15, -0.1) is 0 Å². The Hall–Kier alpha value is -1.26. The highest BCUT2D eigenvalue weighted by atomic mass is 16.4. The van der Waals surface area contributed by atoms with Crippen LogP contribution < -0.4 is 5.32 Å². The molecule has 5 heteroatoms. The van der Waals surface area contributed by atoms with Gasteiger partial charge in [0.15, 0.2) is 0 Å². The summed E-state index contributed by atoms with van der Waals surface area (Å²) >= 11 is 0. The van der Waals surface area contributed by atoms with Gasteiger partial charge in [-0.25, -0.2) is 4.79 Å². The van der Waals surface area contributed by atoms with Gasteiger partial charge in [-0.2, -0.15) is 0 Å². The van der Waals surface area contributed by atoms with Gasteiger partial charge < -0.3 is 15.3 Å². The molecule has 2 N–H and O–H groups in total. The summed E-state index contributed by atoms with van der Waals surface area (Å²) in [5.41, 5.74) is -0.763. The first-order chi connectivity index (χ1) is 9.47. The van der Waals surface area contributed by atoms with E-state index < -0.39 is 11.4 Å². The molecule has 114 valence electrons. The molecule has 2 aliphatic rings. The SMILES string of the molecule is CCCC1(C(=O)O)CCN(C(=O)NC2(CC)CCC2)C1. The highest BCUT2D eigenvalue weighted by Crippen LogP contribution is 2.37. The highest BCUT2D eigenvalue weighted by Gasteiger charge is 2.46. The second-order valence-corrected chi connectivity index (χ2v) is 6.42. The van der Waals surface area contributed by atoms with Crippen LogP contribution in [-0.4, -0.2) is 40.6 Å². The zero-order valence-corrected chi connectivity index (χ0v) is 12.6. The van der Waals surface area contributed by atoms with Crippen molar-refractivity contribution >= 4 is 12.0 Å². The molecule has 0 aromatic carbocycles. The Balaban J connectivity index is 1.97. The lowest BCUT2D eigenvalue weighted by molar-refractivity contribution is -0.148. The normalized spacial score (nSPS) is 28.0. The molecule has 0 spiro atoms. The second kappa shape index (κ2) is 5.62. The van der Waals surface area contributed by atoms with Crippen molar-refractivity contribution in [2.75, 3.05) is 13.1 Å². The molecule has 20 heavy (non-hydrogen) atoms. The Morgan fingerprint density at radius 1 is 1.25 bits per heavy atom. The number of urea groups is 1. The molecule has 0 aromatic heterocycles. The first kappa shape index (κ1) is 15.1. The number of amides is 2. The highest BCUT2D eigenvalue weighted by molar-refractivity contribution is 5.80. The summed E-state index contributed by atoms with van der Waals surface area (Å²) in [6.07, 6.45) is 6.26. The van der Waals surface area contributed by atoms with Crippen LogP contribution in [0.2, 0.25) is 0 Å². The van der Waals surface area contributed by atoms with Crippen LogP contribution in [0.1, 0.15) is 58.8 Å². The smallest absolute Gasteiger partial charge is 0.317 e. The van der Waals surface area contributed by atoms with E-state index in [9.17, 15) is 14.7 Å². The predicted octanol–water partition coefficient (Wildman–Crippen LogP) is 2.61. The average Bonchev–Trinajstić information content (AvgIpc) is 2.80. The molecule has 1 unspecified atom stereocenters. The molecule has 1 heterocycles. The van der Waals surface area contributed by atoms with Crippen LogP contribution in [0.5, 0.6) is 0 Å². The molecule has 5 nitrogen and oxygen atoms in total. The Morgan fingerprint density at radius 3 is 2.40 bits per heavy atom. The summed E-state index contributed by atoms with van der Waals surface area (Å²) in [5, 5.41) is 12.6. The monoisotopic (exact) mass is 282 g/mol. The van der Waals surface area contributed by atoms with E-state index in [-0.39, 0.29) is 11.6 Å². The number of carbonyl (C=O) groups is 2. The van der Waals surface area contributed by atoms with Crippen LogP contribution in [-0.2, 0) is 4.79 Å². The van der Waals surface area contributed by atoms with Crippen molar-refractivity contribution in [3.05, 3.63) is 0 Å². The summed E-state index contributed by atoms with van der Waals surface area (Å²) in [5.74, 6) is -0.761. The van der Waals surface area contributed by atoms with Crippen molar-refractivity contribution in [2.24, 2.45) is 5.41 Å². The van der Waals surface area contributed by atoms with E-state index in [0.717, 1.165) is 25.7 Å². The zero-order chi connectivity index (χ0) is 14.8. The topological polar surface area (TPSA) is 69.6 Å². The van der Waals surface area contributed by atoms with E-state index in [2.05, 4.69) is 12.2 Å². The number of likely N-dealkylation sites (tertiary alicyclic amines) is 1. The number of aliphatic carboxylic acids is 1. The number of carbonyl (C=O) groups excluding carboxylic acids is 1. The van der Waals surface area contributed by atoms with E-state index in [1.807, 2.05) is 6.92 Å². The number of nitrogens with zero attached hydrogens (tertiary/aromatic N) is 1. The molecule has 0 aromatic rings. The van der Waals surface area contributed by atoms with Crippen LogP contribution in [0.25, 0.3) is 0 Å². The molecule has 1 aliphatic heterocycles. The first-order valence-corrected chi connectivity index (χ1v) is 7.77. The number of hydrogen-bond acceptors (Lipinski definition) is 2. The van der Waals surface area contributed by atoms with Gasteiger partial charge in [0.1, 0.15) is 0 Å². The lowest BCUT2D eigenvalue weighted by Crippen LogP contribution is -2.56. The summed E-state index contributed by atoms with van der Waals surface area (Å²) in [4.78, 5) is 25.6. The third-order valence-corrected chi connectivity index (χ3v) is 5.18. The van der Waals surface area contributed by atoms with Gasteiger partial charge in [-0.3, -0.25) is 4.79 Å². The molecule has 1 aliphatic carbocycles. The molecule has 2 rings (SSSR count). The van der Waals surface area contributed by atoms with Crippen molar-refractivity contribution < 1.29 is 14.7 Å². The number of nitrogens with one attached hydrogen (secondary N) is 1. The fourth-order valence-electron chi connectivity index (χ4n) is 3.49.